The Morgan fingerprint density at radius 1 is 1.26 bits per heavy atom. The van der Waals surface area contributed by atoms with E-state index in [2.05, 4.69) is 0 Å². The molecule has 1 atom stereocenters. The van der Waals surface area contributed by atoms with Crippen molar-refractivity contribution in [1.29, 1.82) is 0 Å². The zero-order chi connectivity index (χ0) is 16.4. The summed E-state index contributed by atoms with van der Waals surface area (Å²) in [6.07, 6.45) is 1.79. The van der Waals surface area contributed by atoms with E-state index in [-0.39, 0.29) is 22.9 Å². The fourth-order valence-electron chi connectivity index (χ4n) is 3.00. The number of amides is 1. The van der Waals surface area contributed by atoms with Gasteiger partial charge in [-0.25, -0.2) is 0 Å². The first-order valence-corrected chi connectivity index (χ1v) is 7.80. The third kappa shape index (κ3) is 3.01. The summed E-state index contributed by atoms with van der Waals surface area (Å²) in [7, 11) is 3.24. The standard InChI is InChI=1S/C17H18ClNO4/c1-21-11-5-6-14(22-2)12(10-11)13-4-3-9-19(13)17(20)15-7-8-16(18)23-15/h5-8,10,13H,3-4,9H2,1-2H3/t13-/m0/s1. The predicted molar refractivity (Wildman–Crippen MR) is 86.3 cm³/mol. The Balaban J connectivity index is 1.94. The second kappa shape index (κ2) is 6.54. The third-order valence-electron chi connectivity index (χ3n) is 4.09. The molecule has 2 aromatic rings. The van der Waals surface area contributed by atoms with E-state index in [0.717, 1.165) is 29.9 Å². The van der Waals surface area contributed by atoms with Gasteiger partial charge in [-0.3, -0.25) is 4.79 Å². The van der Waals surface area contributed by atoms with Gasteiger partial charge < -0.3 is 18.8 Å². The Labute approximate surface area is 139 Å². The number of benzene rings is 1. The van der Waals surface area contributed by atoms with E-state index < -0.39 is 0 Å². The van der Waals surface area contributed by atoms with Crippen molar-refractivity contribution in [2.24, 2.45) is 0 Å². The second-order valence-electron chi connectivity index (χ2n) is 5.37. The van der Waals surface area contributed by atoms with Gasteiger partial charge in [0.05, 0.1) is 20.3 Å². The van der Waals surface area contributed by atoms with Crippen molar-refractivity contribution in [3.05, 3.63) is 46.9 Å². The molecule has 0 saturated carbocycles. The molecule has 0 spiro atoms. The van der Waals surface area contributed by atoms with E-state index in [1.54, 1.807) is 31.3 Å². The maximum Gasteiger partial charge on any atom is 0.290 e. The lowest BCUT2D eigenvalue weighted by atomic mass is 10.0. The first-order chi connectivity index (χ1) is 11.1. The van der Waals surface area contributed by atoms with Crippen LogP contribution < -0.4 is 9.47 Å². The SMILES string of the molecule is COc1ccc(OC)c([C@@H]2CCCN2C(=O)c2ccc(Cl)o2)c1. The minimum atomic E-state index is -0.163. The van der Waals surface area contributed by atoms with Crippen molar-refractivity contribution >= 4 is 17.5 Å². The molecular formula is C17H18ClNO4. The minimum absolute atomic E-state index is 0.0728. The Kier molecular flexibility index (Phi) is 4.48. The van der Waals surface area contributed by atoms with Crippen LogP contribution in [-0.2, 0) is 0 Å². The van der Waals surface area contributed by atoms with Crippen LogP contribution in [0.15, 0.2) is 34.7 Å². The van der Waals surface area contributed by atoms with E-state index in [1.807, 2.05) is 18.2 Å². The van der Waals surface area contributed by atoms with Crippen LogP contribution in [0.2, 0.25) is 5.22 Å². The summed E-state index contributed by atoms with van der Waals surface area (Å²) < 4.78 is 16.0. The van der Waals surface area contributed by atoms with Crippen LogP contribution in [0.1, 0.15) is 35.0 Å². The van der Waals surface area contributed by atoms with Crippen molar-refractivity contribution in [1.82, 2.24) is 4.90 Å². The smallest absolute Gasteiger partial charge is 0.290 e. The van der Waals surface area contributed by atoms with Crippen LogP contribution >= 0.6 is 11.6 Å². The summed E-state index contributed by atoms with van der Waals surface area (Å²) in [5.74, 6) is 1.57. The van der Waals surface area contributed by atoms with E-state index >= 15 is 0 Å². The third-order valence-corrected chi connectivity index (χ3v) is 4.30. The van der Waals surface area contributed by atoms with Crippen LogP contribution in [0.25, 0.3) is 0 Å². The van der Waals surface area contributed by atoms with Crippen LogP contribution in [0, 0.1) is 0 Å². The van der Waals surface area contributed by atoms with Gasteiger partial charge in [0.1, 0.15) is 11.5 Å². The molecule has 1 saturated heterocycles. The largest absolute Gasteiger partial charge is 0.497 e. The number of ether oxygens (including phenoxy) is 2. The number of halogens is 1. The van der Waals surface area contributed by atoms with Crippen molar-refractivity contribution < 1.29 is 18.7 Å². The maximum atomic E-state index is 12.7. The Bertz CT molecular complexity index is 712. The van der Waals surface area contributed by atoms with Crippen molar-refractivity contribution in [2.75, 3.05) is 20.8 Å². The zero-order valence-corrected chi connectivity index (χ0v) is 13.8. The summed E-state index contributed by atoms with van der Waals surface area (Å²) >= 11 is 5.78. The van der Waals surface area contributed by atoms with Gasteiger partial charge in [-0.15, -0.1) is 0 Å². The number of nitrogens with zero attached hydrogens (tertiary/aromatic N) is 1. The minimum Gasteiger partial charge on any atom is -0.497 e. The highest BCUT2D eigenvalue weighted by molar-refractivity contribution is 6.29. The highest BCUT2D eigenvalue weighted by Gasteiger charge is 2.34. The molecule has 1 aromatic carbocycles. The average molecular weight is 336 g/mol. The second-order valence-corrected chi connectivity index (χ2v) is 5.74. The molecule has 1 aliphatic rings. The number of furan rings is 1. The molecule has 3 rings (SSSR count). The lowest BCUT2D eigenvalue weighted by molar-refractivity contribution is 0.0701. The number of likely N-dealkylation sites (tertiary alicyclic amines) is 1. The van der Waals surface area contributed by atoms with E-state index in [0.29, 0.717) is 6.54 Å². The molecule has 23 heavy (non-hydrogen) atoms. The van der Waals surface area contributed by atoms with Gasteiger partial charge in [-0.05, 0) is 54.8 Å². The molecule has 122 valence electrons. The molecule has 6 heteroatoms. The molecule has 0 aliphatic carbocycles. The van der Waals surface area contributed by atoms with Gasteiger partial charge in [0.2, 0.25) is 0 Å². The average Bonchev–Trinajstić information content (AvgIpc) is 3.22. The van der Waals surface area contributed by atoms with Crippen molar-refractivity contribution in [2.45, 2.75) is 18.9 Å². The lowest BCUT2D eigenvalue weighted by Gasteiger charge is -2.26. The summed E-state index contributed by atoms with van der Waals surface area (Å²) in [5, 5.41) is 0.211. The molecule has 2 heterocycles. The quantitative estimate of drug-likeness (QED) is 0.849. The van der Waals surface area contributed by atoms with E-state index in [9.17, 15) is 4.79 Å². The number of carbonyl (C=O) groups is 1. The van der Waals surface area contributed by atoms with Crippen LogP contribution in [0.4, 0.5) is 0 Å². The first kappa shape index (κ1) is 15.7. The molecule has 1 aromatic heterocycles. The summed E-state index contributed by atoms with van der Waals surface area (Å²) in [5.41, 5.74) is 0.940. The van der Waals surface area contributed by atoms with E-state index in [4.69, 9.17) is 25.5 Å². The number of hydrogen-bond donors (Lipinski definition) is 0. The van der Waals surface area contributed by atoms with Crippen molar-refractivity contribution in [3.63, 3.8) is 0 Å². The first-order valence-electron chi connectivity index (χ1n) is 7.42. The van der Waals surface area contributed by atoms with Crippen molar-refractivity contribution in [3.8, 4) is 11.5 Å². The summed E-state index contributed by atoms with van der Waals surface area (Å²) in [6.45, 7) is 0.669. The normalized spacial score (nSPS) is 17.3. The molecule has 0 N–H and O–H groups in total. The highest BCUT2D eigenvalue weighted by atomic mass is 35.5. The number of hydrogen-bond acceptors (Lipinski definition) is 4. The molecule has 5 nitrogen and oxygen atoms in total. The van der Waals surface area contributed by atoms with Gasteiger partial charge in [0.15, 0.2) is 11.0 Å². The highest BCUT2D eigenvalue weighted by Crippen LogP contribution is 2.39. The fourth-order valence-corrected chi connectivity index (χ4v) is 3.15. The molecule has 1 amide bonds. The van der Waals surface area contributed by atoms with Gasteiger partial charge in [0.25, 0.3) is 5.91 Å². The predicted octanol–water partition coefficient (Wildman–Crippen LogP) is 3.93. The van der Waals surface area contributed by atoms with Gasteiger partial charge in [-0.2, -0.15) is 0 Å². The van der Waals surface area contributed by atoms with E-state index in [1.165, 1.54) is 0 Å². The molecular weight excluding hydrogens is 318 g/mol. The lowest BCUT2D eigenvalue weighted by Crippen LogP contribution is -2.30. The van der Waals surface area contributed by atoms with Crippen LogP contribution in [-0.4, -0.2) is 31.6 Å². The molecule has 1 aliphatic heterocycles. The fraction of sp³-hybridized carbons (Fsp3) is 0.353. The van der Waals surface area contributed by atoms with Crippen LogP contribution in [0.3, 0.4) is 0 Å². The monoisotopic (exact) mass is 335 g/mol. The molecule has 1 fully saturated rings. The summed E-state index contributed by atoms with van der Waals surface area (Å²) in [6, 6.07) is 8.73. The number of methoxy groups -OCH3 is 2. The maximum absolute atomic E-state index is 12.7. The number of rotatable bonds is 4. The molecule has 0 bridgehead atoms. The van der Waals surface area contributed by atoms with Crippen LogP contribution in [0.5, 0.6) is 11.5 Å². The number of carbonyl (C=O) groups excluding carboxylic acids is 1. The Hall–Kier alpha value is -2.14. The van der Waals surface area contributed by atoms with Gasteiger partial charge in [0, 0.05) is 12.1 Å². The molecule has 0 unspecified atom stereocenters. The Morgan fingerprint density at radius 2 is 2.09 bits per heavy atom. The topological polar surface area (TPSA) is 51.9 Å². The summed E-state index contributed by atoms with van der Waals surface area (Å²) in [4.78, 5) is 14.5. The van der Waals surface area contributed by atoms with Gasteiger partial charge >= 0.3 is 0 Å². The van der Waals surface area contributed by atoms with Gasteiger partial charge in [-0.1, -0.05) is 0 Å². The zero-order valence-electron chi connectivity index (χ0n) is 13.0. The molecule has 0 radical (unpaired) electrons. The Morgan fingerprint density at radius 3 is 2.74 bits per heavy atom.